The molecule has 0 aliphatic carbocycles. The molecule has 8 heteroatoms. The van der Waals surface area contributed by atoms with E-state index in [2.05, 4.69) is 10.6 Å². The smallest absolute Gasteiger partial charge is 0.312 e. The van der Waals surface area contributed by atoms with Crippen molar-refractivity contribution >= 4 is 29.2 Å². The number of hydrogen-bond acceptors (Lipinski definition) is 4. The molecule has 0 radical (unpaired) electrons. The van der Waals surface area contributed by atoms with Crippen LogP contribution >= 0.6 is 11.3 Å². The number of amides is 4. The lowest BCUT2D eigenvalue weighted by Gasteiger charge is -2.20. The van der Waals surface area contributed by atoms with E-state index in [-0.39, 0.29) is 18.2 Å². The average molecular weight is 366 g/mol. The number of carbonyl (C=O) groups is 3. The molecule has 0 spiro atoms. The molecule has 138 valence electrons. The maximum absolute atomic E-state index is 12.1. The Morgan fingerprint density at radius 2 is 2.16 bits per heavy atom. The molecule has 4 amide bonds. The van der Waals surface area contributed by atoms with Gasteiger partial charge < -0.3 is 21.3 Å². The van der Waals surface area contributed by atoms with Crippen molar-refractivity contribution in [3.63, 3.8) is 0 Å². The van der Waals surface area contributed by atoms with Gasteiger partial charge in [-0.15, -0.1) is 11.3 Å². The van der Waals surface area contributed by atoms with Gasteiger partial charge in [0.25, 0.3) is 0 Å². The van der Waals surface area contributed by atoms with Crippen LogP contribution < -0.4 is 16.4 Å². The van der Waals surface area contributed by atoms with E-state index >= 15 is 0 Å². The number of thiophene rings is 1. The van der Waals surface area contributed by atoms with E-state index in [0.29, 0.717) is 19.5 Å². The summed E-state index contributed by atoms with van der Waals surface area (Å²) in [5.41, 5.74) is 5.19. The van der Waals surface area contributed by atoms with E-state index in [0.717, 1.165) is 37.1 Å². The Hall–Kier alpha value is -2.09. The second-order valence-corrected chi connectivity index (χ2v) is 7.15. The molecule has 1 aliphatic heterocycles. The summed E-state index contributed by atoms with van der Waals surface area (Å²) in [6, 6.07) is 2.67. The third-order valence-corrected chi connectivity index (χ3v) is 5.18. The molecule has 1 aromatic rings. The van der Waals surface area contributed by atoms with Crippen molar-refractivity contribution in [3.05, 3.63) is 22.4 Å². The number of likely N-dealkylation sites (tertiary alicyclic amines) is 1. The van der Waals surface area contributed by atoms with E-state index in [4.69, 9.17) is 5.73 Å². The molecule has 1 aromatic heterocycles. The molecule has 2 heterocycles. The zero-order chi connectivity index (χ0) is 18.1. The van der Waals surface area contributed by atoms with Gasteiger partial charge in [0.05, 0.1) is 12.5 Å². The van der Waals surface area contributed by atoms with Crippen LogP contribution in [0.25, 0.3) is 0 Å². The van der Waals surface area contributed by atoms with Gasteiger partial charge in [0, 0.05) is 30.9 Å². The molecule has 0 bridgehead atoms. The number of primary amides is 1. The molecule has 25 heavy (non-hydrogen) atoms. The highest BCUT2D eigenvalue weighted by Gasteiger charge is 2.19. The molecule has 2 rings (SSSR count). The predicted octanol–water partition coefficient (Wildman–Crippen LogP) is 1.76. The van der Waals surface area contributed by atoms with Crippen molar-refractivity contribution in [2.75, 3.05) is 19.6 Å². The molecular formula is C17H26N4O3S. The van der Waals surface area contributed by atoms with E-state index in [1.807, 2.05) is 22.4 Å². The molecule has 0 saturated carbocycles. The lowest BCUT2D eigenvalue weighted by molar-refractivity contribution is -0.130. The Kier molecular flexibility index (Phi) is 7.72. The lowest BCUT2D eigenvalue weighted by atomic mass is 10.1. The largest absolute Gasteiger partial charge is 0.356 e. The van der Waals surface area contributed by atoms with Gasteiger partial charge in [-0.1, -0.05) is 12.5 Å². The van der Waals surface area contributed by atoms with Crippen molar-refractivity contribution in [1.29, 1.82) is 0 Å². The highest BCUT2D eigenvalue weighted by atomic mass is 32.1. The normalized spacial score (nSPS) is 16.2. The molecule has 7 nitrogen and oxygen atoms in total. The summed E-state index contributed by atoms with van der Waals surface area (Å²) in [5, 5.41) is 7.35. The maximum atomic E-state index is 12.1. The Morgan fingerprint density at radius 1 is 1.32 bits per heavy atom. The Balaban J connectivity index is 1.71. The lowest BCUT2D eigenvalue weighted by Crippen LogP contribution is -2.37. The second-order valence-electron chi connectivity index (χ2n) is 6.18. The number of nitrogens with zero attached hydrogens (tertiary/aromatic N) is 1. The maximum Gasteiger partial charge on any atom is 0.312 e. The molecule has 1 atom stereocenters. The van der Waals surface area contributed by atoms with Crippen LogP contribution in [0, 0.1) is 0 Å². The van der Waals surface area contributed by atoms with Gasteiger partial charge in [-0.3, -0.25) is 9.59 Å². The van der Waals surface area contributed by atoms with Crippen molar-refractivity contribution in [2.45, 2.75) is 44.6 Å². The minimum absolute atomic E-state index is 0.144. The van der Waals surface area contributed by atoms with Crippen LogP contribution in [0.2, 0.25) is 0 Å². The van der Waals surface area contributed by atoms with Crippen molar-refractivity contribution in [3.8, 4) is 0 Å². The summed E-state index contributed by atoms with van der Waals surface area (Å²) in [4.78, 5) is 37.9. The number of hydrogen-bond donors (Lipinski definition) is 3. The summed E-state index contributed by atoms with van der Waals surface area (Å²) < 4.78 is 0. The highest BCUT2D eigenvalue weighted by molar-refractivity contribution is 7.10. The highest BCUT2D eigenvalue weighted by Crippen LogP contribution is 2.21. The van der Waals surface area contributed by atoms with Gasteiger partial charge in [0.15, 0.2) is 0 Å². The van der Waals surface area contributed by atoms with Gasteiger partial charge in [0.1, 0.15) is 0 Å². The molecule has 4 N–H and O–H groups in total. The van der Waals surface area contributed by atoms with Crippen LogP contribution in [0.4, 0.5) is 4.79 Å². The monoisotopic (exact) mass is 366 g/mol. The number of carbonyl (C=O) groups excluding carboxylic acids is 3. The van der Waals surface area contributed by atoms with Gasteiger partial charge in [0.2, 0.25) is 11.8 Å². The van der Waals surface area contributed by atoms with Crippen LogP contribution in [0.1, 0.15) is 49.4 Å². The predicted molar refractivity (Wildman–Crippen MR) is 97.1 cm³/mol. The van der Waals surface area contributed by atoms with E-state index in [9.17, 15) is 14.4 Å². The topological polar surface area (TPSA) is 105 Å². The summed E-state index contributed by atoms with van der Waals surface area (Å²) >= 11 is 1.47. The number of nitrogens with two attached hydrogens (primary N) is 1. The van der Waals surface area contributed by atoms with Crippen molar-refractivity contribution in [2.24, 2.45) is 5.73 Å². The quantitative estimate of drug-likeness (QED) is 0.611. The third kappa shape index (κ3) is 6.74. The van der Waals surface area contributed by atoms with Gasteiger partial charge in [-0.2, -0.15) is 0 Å². The zero-order valence-electron chi connectivity index (χ0n) is 14.3. The zero-order valence-corrected chi connectivity index (χ0v) is 15.1. The molecule has 1 fully saturated rings. The van der Waals surface area contributed by atoms with Crippen molar-refractivity contribution < 1.29 is 14.4 Å². The van der Waals surface area contributed by atoms with E-state index in [1.54, 1.807) is 0 Å². The summed E-state index contributed by atoms with van der Waals surface area (Å²) in [5.74, 6) is 0.0709. The molecule has 1 saturated heterocycles. The molecule has 0 aromatic carbocycles. The Bertz CT molecular complexity index is 576. The second kappa shape index (κ2) is 10.0. The first-order valence-corrected chi connectivity index (χ1v) is 9.58. The Labute approximate surface area is 151 Å². The Morgan fingerprint density at radius 3 is 2.88 bits per heavy atom. The summed E-state index contributed by atoms with van der Waals surface area (Å²) in [7, 11) is 0. The summed E-state index contributed by atoms with van der Waals surface area (Å²) in [6.07, 6.45) is 4.64. The molecular weight excluding hydrogens is 340 g/mol. The fourth-order valence-electron chi connectivity index (χ4n) is 2.91. The third-order valence-electron chi connectivity index (χ3n) is 4.19. The number of nitrogens with one attached hydrogen (secondary N) is 2. The summed E-state index contributed by atoms with van der Waals surface area (Å²) in [6.45, 7) is 2.00. The number of urea groups is 1. The van der Waals surface area contributed by atoms with E-state index in [1.165, 1.54) is 11.3 Å². The fourth-order valence-corrected chi connectivity index (χ4v) is 3.69. The average Bonchev–Trinajstić information content (AvgIpc) is 3.02. The standard InChI is InChI=1S/C17H26N4O3S/c18-17(24)20-13(14-6-4-11-25-14)12-15(22)19-8-5-10-21-9-3-1-2-7-16(21)23/h4,6,11,13H,1-3,5,7-10,12H2,(H,19,22)(H3,18,20,24). The first kappa shape index (κ1) is 19.2. The molecule has 1 unspecified atom stereocenters. The van der Waals surface area contributed by atoms with Crippen LogP contribution in [-0.4, -0.2) is 42.4 Å². The first-order chi connectivity index (χ1) is 12.1. The minimum Gasteiger partial charge on any atom is -0.356 e. The number of rotatable bonds is 8. The SMILES string of the molecule is NC(=O)NC(CC(=O)NCCCN1CCCCCC1=O)c1cccs1. The van der Waals surface area contributed by atoms with Gasteiger partial charge in [-0.05, 0) is 30.7 Å². The van der Waals surface area contributed by atoms with Crippen LogP contribution in [0.3, 0.4) is 0 Å². The molecule has 1 aliphatic rings. The van der Waals surface area contributed by atoms with Crippen LogP contribution in [0.15, 0.2) is 17.5 Å². The van der Waals surface area contributed by atoms with Gasteiger partial charge in [-0.25, -0.2) is 4.79 Å². The first-order valence-electron chi connectivity index (χ1n) is 8.70. The van der Waals surface area contributed by atoms with Crippen LogP contribution in [0.5, 0.6) is 0 Å². The van der Waals surface area contributed by atoms with Gasteiger partial charge >= 0.3 is 6.03 Å². The fraction of sp³-hybridized carbons (Fsp3) is 0.588. The van der Waals surface area contributed by atoms with Crippen LogP contribution in [-0.2, 0) is 9.59 Å². The minimum atomic E-state index is -0.647. The van der Waals surface area contributed by atoms with E-state index < -0.39 is 12.1 Å². The van der Waals surface area contributed by atoms with Crippen molar-refractivity contribution in [1.82, 2.24) is 15.5 Å².